The fourth-order valence-corrected chi connectivity index (χ4v) is 3.40. The zero-order valence-electron chi connectivity index (χ0n) is 15.5. The Balaban J connectivity index is 1.51. The first-order valence-electron chi connectivity index (χ1n) is 9.23. The predicted molar refractivity (Wildman–Crippen MR) is 107 cm³/mol. The highest BCUT2D eigenvalue weighted by atomic mass is 16.2. The minimum Gasteiger partial charge on any atom is -0.312 e. The van der Waals surface area contributed by atoms with Crippen molar-refractivity contribution in [3.8, 4) is 0 Å². The molecule has 1 aliphatic rings. The number of carbonyl (C=O) groups excluding carboxylic acids is 2. The molecule has 0 spiro atoms. The molecule has 1 N–H and O–H groups in total. The molecule has 1 fully saturated rings. The third-order valence-electron chi connectivity index (χ3n) is 5.05. The molecule has 1 saturated heterocycles. The number of para-hydroxylation sites is 1. The summed E-state index contributed by atoms with van der Waals surface area (Å²) in [5.74, 6) is -1.01. The molecule has 2 aromatic carbocycles. The zero-order valence-corrected chi connectivity index (χ0v) is 15.5. The Morgan fingerprint density at radius 1 is 1.14 bits per heavy atom. The van der Waals surface area contributed by atoms with Gasteiger partial charge in [0.2, 0.25) is 11.8 Å². The third kappa shape index (κ3) is 3.26. The summed E-state index contributed by atoms with van der Waals surface area (Å²) in [4.78, 5) is 43.4. The maximum Gasteiger partial charge on any atom is 0.280 e. The van der Waals surface area contributed by atoms with Crippen molar-refractivity contribution in [3.63, 3.8) is 0 Å². The van der Waals surface area contributed by atoms with Gasteiger partial charge in [-0.2, -0.15) is 0 Å². The average molecular weight is 376 g/mol. The van der Waals surface area contributed by atoms with Crippen LogP contribution in [0.15, 0.2) is 59.7 Å². The first kappa shape index (κ1) is 17.9. The highest BCUT2D eigenvalue weighted by Gasteiger charge is 2.35. The standard InChI is InChI=1S/C21H20N4O3/c1-2-14-7-9-16(10-8-14)24-12-15(11-19(24)26)20(27)23-25-13-22-18-6-4-3-5-17(18)21(25)28/h3-10,13,15H,2,11-12H2,1H3,(H,23,27). The number of rotatable bonds is 4. The summed E-state index contributed by atoms with van der Waals surface area (Å²) in [5, 5.41) is 0.422. The normalized spacial score (nSPS) is 16.5. The highest BCUT2D eigenvalue weighted by molar-refractivity contribution is 6.01. The monoisotopic (exact) mass is 376 g/mol. The van der Waals surface area contributed by atoms with E-state index in [1.54, 1.807) is 29.2 Å². The van der Waals surface area contributed by atoms with Gasteiger partial charge in [0.05, 0.1) is 16.8 Å². The van der Waals surface area contributed by atoms with E-state index in [0.717, 1.165) is 16.8 Å². The molecule has 4 rings (SSSR count). The van der Waals surface area contributed by atoms with E-state index in [-0.39, 0.29) is 30.3 Å². The second-order valence-corrected chi connectivity index (χ2v) is 6.84. The fraction of sp³-hybridized carbons (Fsp3) is 0.238. The molecule has 0 saturated carbocycles. The summed E-state index contributed by atoms with van der Waals surface area (Å²) in [6.07, 6.45) is 2.32. The molecular weight excluding hydrogens is 356 g/mol. The number of aromatic nitrogens is 2. The number of anilines is 1. The van der Waals surface area contributed by atoms with Crippen molar-refractivity contribution in [2.45, 2.75) is 19.8 Å². The maximum absolute atomic E-state index is 12.6. The lowest BCUT2D eigenvalue weighted by molar-refractivity contribution is -0.123. The lowest BCUT2D eigenvalue weighted by Gasteiger charge is -2.17. The number of fused-ring (bicyclic) bond motifs is 1. The Bertz CT molecular complexity index is 1100. The third-order valence-corrected chi connectivity index (χ3v) is 5.05. The molecule has 2 amide bonds. The Labute approximate surface area is 161 Å². The molecule has 7 nitrogen and oxygen atoms in total. The van der Waals surface area contributed by atoms with Gasteiger partial charge in [-0.05, 0) is 36.2 Å². The summed E-state index contributed by atoms with van der Waals surface area (Å²) in [5.41, 5.74) is 4.76. The van der Waals surface area contributed by atoms with Crippen molar-refractivity contribution in [1.82, 2.24) is 9.66 Å². The Morgan fingerprint density at radius 2 is 1.89 bits per heavy atom. The van der Waals surface area contributed by atoms with Gasteiger partial charge in [-0.3, -0.25) is 19.8 Å². The first-order chi connectivity index (χ1) is 13.6. The molecule has 142 valence electrons. The molecule has 28 heavy (non-hydrogen) atoms. The molecule has 3 aromatic rings. The number of carbonyl (C=O) groups is 2. The van der Waals surface area contributed by atoms with Crippen molar-refractivity contribution in [2.24, 2.45) is 5.92 Å². The van der Waals surface area contributed by atoms with Gasteiger partial charge in [-0.25, -0.2) is 9.66 Å². The van der Waals surface area contributed by atoms with Crippen LogP contribution >= 0.6 is 0 Å². The van der Waals surface area contributed by atoms with Crippen LogP contribution in [0.1, 0.15) is 18.9 Å². The van der Waals surface area contributed by atoms with Gasteiger partial charge >= 0.3 is 0 Å². The van der Waals surface area contributed by atoms with E-state index in [9.17, 15) is 14.4 Å². The van der Waals surface area contributed by atoms with E-state index in [1.165, 1.54) is 11.9 Å². The molecule has 1 aliphatic heterocycles. The lowest BCUT2D eigenvalue weighted by atomic mass is 10.1. The van der Waals surface area contributed by atoms with Crippen LogP contribution in [0.2, 0.25) is 0 Å². The Kier molecular flexibility index (Phi) is 4.65. The van der Waals surface area contributed by atoms with Crippen molar-refractivity contribution < 1.29 is 9.59 Å². The van der Waals surface area contributed by atoms with Crippen molar-refractivity contribution in [3.05, 3.63) is 70.8 Å². The number of nitrogens with zero attached hydrogens (tertiary/aromatic N) is 3. The summed E-state index contributed by atoms with van der Waals surface area (Å²) in [6.45, 7) is 2.35. The molecule has 0 aliphatic carbocycles. The van der Waals surface area contributed by atoms with E-state index in [0.29, 0.717) is 10.9 Å². The second-order valence-electron chi connectivity index (χ2n) is 6.84. The highest BCUT2D eigenvalue weighted by Crippen LogP contribution is 2.25. The van der Waals surface area contributed by atoms with E-state index in [2.05, 4.69) is 17.3 Å². The van der Waals surface area contributed by atoms with E-state index in [1.807, 2.05) is 24.3 Å². The molecule has 7 heteroatoms. The van der Waals surface area contributed by atoms with Gasteiger partial charge in [-0.15, -0.1) is 0 Å². The molecule has 2 heterocycles. The van der Waals surface area contributed by atoms with Gasteiger partial charge in [0.15, 0.2) is 0 Å². The van der Waals surface area contributed by atoms with E-state index >= 15 is 0 Å². The summed E-state index contributed by atoms with van der Waals surface area (Å²) < 4.78 is 1.08. The van der Waals surface area contributed by atoms with Gasteiger partial charge in [0.25, 0.3) is 5.56 Å². The number of aryl methyl sites for hydroxylation is 1. The molecule has 0 radical (unpaired) electrons. The molecule has 1 aromatic heterocycles. The fourth-order valence-electron chi connectivity index (χ4n) is 3.40. The smallest absolute Gasteiger partial charge is 0.280 e. The van der Waals surface area contributed by atoms with Gasteiger partial charge in [0, 0.05) is 18.7 Å². The van der Waals surface area contributed by atoms with Gasteiger partial charge in [0.1, 0.15) is 6.33 Å². The van der Waals surface area contributed by atoms with Crippen LogP contribution in [0.25, 0.3) is 10.9 Å². The Morgan fingerprint density at radius 3 is 2.64 bits per heavy atom. The lowest BCUT2D eigenvalue weighted by Crippen LogP contribution is -2.37. The van der Waals surface area contributed by atoms with Gasteiger partial charge < -0.3 is 4.90 Å². The second kappa shape index (κ2) is 7.26. The summed E-state index contributed by atoms with van der Waals surface area (Å²) >= 11 is 0. The number of hydrogen-bond acceptors (Lipinski definition) is 4. The molecule has 1 unspecified atom stereocenters. The SMILES string of the molecule is CCc1ccc(N2CC(C(=O)Nn3cnc4ccccc4c3=O)CC2=O)cc1. The van der Waals surface area contributed by atoms with Gasteiger partial charge in [-0.1, -0.05) is 31.2 Å². The predicted octanol–water partition coefficient (Wildman–Crippen LogP) is 2.08. The topological polar surface area (TPSA) is 84.3 Å². The van der Waals surface area contributed by atoms with Crippen LogP contribution in [-0.4, -0.2) is 28.0 Å². The van der Waals surface area contributed by atoms with Crippen LogP contribution in [0.5, 0.6) is 0 Å². The summed E-state index contributed by atoms with van der Waals surface area (Å²) in [7, 11) is 0. The zero-order chi connectivity index (χ0) is 19.7. The molecule has 0 bridgehead atoms. The van der Waals surface area contributed by atoms with Crippen molar-refractivity contribution in [1.29, 1.82) is 0 Å². The minimum atomic E-state index is -0.531. The largest absolute Gasteiger partial charge is 0.312 e. The number of benzene rings is 2. The van der Waals surface area contributed by atoms with Crippen molar-refractivity contribution in [2.75, 3.05) is 16.9 Å². The Hall–Kier alpha value is -3.48. The number of hydrogen-bond donors (Lipinski definition) is 1. The van der Waals surface area contributed by atoms with E-state index in [4.69, 9.17) is 0 Å². The number of nitrogens with one attached hydrogen (secondary N) is 1. The van der Waals surface area contributed by atoms with Crippen LogP contribution in [-0.2, 0) is 16.0 Å². The van der Waals surface area contributed by atoms with Crippen LogP contribution in [0.4, 0.5) is 5.69 Å². The van der Waals surface area contributed by atoms with Crippen LogP contribution in [0, 0.1) is 5.92 Å². The minimum absolute atomic E-state index is 0.103. The quantitative estimate of drug-likeness (QED) is 0.756. The first-order valence-corrected chi connectivity index (χ1v) is 9.23. The number of amides is 2. The van der Waals surface area contributed by atoms with Crippen molar-refractivity contribution >= 4 is 28.4 Å². The molecular formula is C21H20N4O3. The molecule has 1 atom stereocenters. The van der Waals surface area contributed by atoms with E-state index < -0.39 is 5.92 Å². The maximum atomic E-state index is 12.6. The van der Waals surface area contributed by atoms with Crippen LogP contribution in [0.3, 0.4) is 0 Å². The van der Waals surface area contributed by atoms with Crippen LogP contribution < -0.4 is 15.9 Å². The summed E-state index contributed by atoms with van der Waals surface area (Å²) in [6, 6.07) is 14.7. The average Bonchev–Trinajstić information content (AvgIpc) is 3.12.